The predicted octanol–water partition coefficient (Wildman–Crippen LogP) is 4.17. The van der Waals surface area contributed by atoms with E-state index >= 15 is 0 Å². The van der Waals surface area contributed by atoms with Gasteiger partial charge in [-0.3, -0.25) is 0 Å². The van der Waals surface area contributed by atoms with Crippen molar-refractivity contribution in [2.75, 3.05) is 13.7 Å². The third kappa shape index (κ3) is 2.54. The average molecular weight is 288 g/mol. The van der Waals surface area contributed by atoms with Crippen LogP contribution >= 0.6 is 11.6 Å². The standard InChI is InChI=1S/C17H18ClNO/c1-20-16-8-7-13(11-15(16)18)14-9-10-19-17(14)12-5-3-2-4-6-12/h2-8,11,14,17,19H,9-10H2,1H3. The lowest BCUT2D eigenvalue weighted by atomic mass is 9.88. The highest BCUT2D eigenvalue weighted by Gasteiger charge is 2.29. The lowest BCUT2D eigenvalue weighted by Crippen LogP contribution is -2.16. The van der Waals surface area contributed by atoms with E-state index in [0.29, 0.717) is 17.0 Å². The molecule has 104 valence electrons. The molecule has 3 heteroatoms. The zero-order valence-electron chi connectivity index (χ0n) is 11.5. The first kappa shape index (κ1) is 13.5. The van der Waals surface area contributed by atoms with Gasteiger partial charge in [-0.25, -0.2) is 0 Å². The summed E-state index contributed by atoms with van der Waals surface area (Å²) in [5, 5.41) is 4.28. The molecule has 2 aromatic rings. The lowest BCUT2D eigenvalue weighted by Gasteiger charge is -2.21. The molecule has 20 heavy (non-hydrogen) atoms. The maximum atomic E-state index is 6.26. The molecule has 0 aliphatic carbocycles. The van der Waals surface area contributed by atoms with Crippen molar-refractivity contribution in [2.45, 2.75) is 18.4 Å². The molecule has 1 aliphatic rings. The Balaban J connectivity index is 1.91. The Morgan fingerprint density at radius 2 is 1.90 bits per heavy atom. The van der Waals surface area contributed by atoms with Crippen LogP contribution in [-0.2, 0) is 0 Å². The van der Waals surface area contributed by atoms with Gasteiger partial charge in [0.2, 0.25) is 0 Å². The zero-order chi connectivity index (χ0) is 13.9. The van der Waals surface area contributed by atoms with Crippen molar-refractivity contribution in [1.29, 1.82) is 0 Å². The van der Waals surface area contributed by atoms with Crippen molar-refractivity contribution in [3.63, 3.8) is 0 Å². The average Bonchev–Trinajstić information content (AvgIpc) is 2.97. The fourth-order valence-electron chi connectivity index (χ4n) is 2.99. The fraction of sp³-hybridized carbons (Fsp3) is 0.294. The van der Waals surface area contributed by atoms with Gasteiger partial charge in [0.25, 0.3) is 0 Å². The summed E-state index contributed by atoms with van der Waals surface area (Å²) in [6.07, 6.45) is 1.13. The van der Waals surface area contributed by atoms with E-state index in [2.05, 4.69) is 41.7 Å². The van der Waals surface area contributed by atoms with Gasteiger partial charge in [-0.1, -0.05) is 48.0 Å². The molecule has 2 unspecified atom stereocenters. The molecular formula is C17H18ClNO. The summed E-state index contributed by atoms with van der Waals surface area (Å²) in [4.78, 5) is 0. The predicted molar refractivity (Wildman–Crippen MR) is 82.5 cm³/mol. The molecule has 1 N–H and O–H groups in total. The molecular weight excluding hydrogens is 270 g/mol. The van der Waals surface area contributed by atoms with E-state index in [9.17, 15) is 0 Å². The van der Waals surface area contributed by atoms with Gasteiger partial charge >= 0.3 is 0 Å². The molecule has 1 saturated heterocycles. The minimum Gasteiger partial charge on any atom is -0.495 e. The second-order valence-electron chi connectivity index (χ2n) is 5.13. The first-order valence-corrected chi connectivity index (χ1v) is 7.29. The van der Waals surface area contributed by atoms with Crippen LogP contribution in [0, 0.1) is 0 Å². The van der Waals surface area contributed by atoms with E-state index in [4.69, 9.17) is 16.3 Å². The van der Waals surface area contributed by atoms with Crippen LogP contribution in [0.5, 0.6) is 5.75 Å². The van der Waals surface area contributed by atoms with Gasteiger partial charge in [0.15, 0.2) is 0 Å². The SMILES string of the molecule is COc1ccc(C2CCNC2c2ccccc2)cc1Cl. The number of benzene rings is 2. The van der Waals surface area contributed by atoms with Crippen LogP contribution in [0.4, 0.5) is 0 Å². The van der Waals surface area contributed by atoms with Crippen LogP contribution in [-0.4, -0.2) is 13.7 Å². The molecule has 0 aromatic heterocycles. The Bertz CT molecular complexity index is 585. The molecule has 0 spiro atoms. The largest absolute Gasteiger partial charge is 0.495 e. The van der Waals surface area contributed by atoms with Crippen LogP contribution < -0.4 is 10.1 Å². The van der Waals surface area contributed by atoms with E-state index < -0.39 is 0 Å². The Morgan fingerprint density at radius 3 is 2.60 bits per heavy atom. The van der Waals surface area contributed by atoms with Gasteiger partial charge < -0.3 is 10.1 Å². The van der Waals surface area contributed by atoms with Crippen molar-refractivity contribution in [2.24, 2.45) is 0 Å². The molecule has 3 rings (SSSR count). The van der Waals surface area contributed by atoms with Crippen molar-refractivity contribution >= 4 is 11.6 Å². The molecule has 0 radical (unpaired) electrons. The first-order chi connectivity index (χ1) is 9.79. The number of rotatable bonds is 3. The number of halogens is 1. The minimum atomic E-state index is 0.362. The number of ether oxygens (including phenoxy) is 1. The zero-order valence-corrected chi connectivity index (χ0v) is 12.2. The summed E-state index contributed by atoms with van der Waals surface area (Å²) in [5.41, 5.74) is 2.61. The molecule has 0 bridgehead atoms. The van der Waals surface area contributed by atoms with Gasteiger partial charge in [0.05, 0.1) is 12.1 Å². The van der Waals surface area contributed by atoms with Crippen molar-refractivity contribution < 1.29 is 4.74 Å². The maximum absolute atomic E-state index is 6.26. The summed E-state index contributed by atoms with van der Waals surface area (Å²) < 4.78 is 5.23. The van der Waals surface area contributed by atoms with Crippen molar-refractivity contribution in [3.05, 3.63) is 64.7 Å². The second kappa shape index (κ2) is 5.86. The third-order valence-corrected chi connectivity index (χ3v) is 4.28. The van der Waals surface area contributed by atoms with Crippen molar-refractivity contribution in [1.82, 2.24) is 5.32 Å². The van der Waals surface area contributed by atoms with Gasteiger partial charge in [-0.05, 0) is 36.2 Å². The number of hydrogen-bond acceptors (Lipinski definition) is 2. The Hall–Kier alpha value is -1.51. The topological polar surface area (TPSA) is 21.3 Å². The second-order valence-corrected chi connectivity index (χ2v) is 5.54. The maximum Gasteiger partial charge on any atom is 0.137 e. The molecule has 1 heterocycles. The van der Waals surface area contributed by atoms with Gasteiger partial charge in [-0.15, -0.1) is 0 Å². The minimum absolute atomic E-state index is 0.362. The van der Waals surface area contributed by atoms with Gasteiger partial charge in [-0.2, -0.15) is 0 Å². The molecule has 0 amide bonds. The van der Waals surface area contributed by atoms with E-state index in [1.54, 1.807) is 7.11 Å². The smallest absolute Gasteiger partial charge is 0.137 e. The van der Waals surface area contributed by atoms with Crippen LogP contribution in [0.3, 0.4) is 0 Å². The lowest BCUT2D eigenvalue weighted by molar-refractivity contribution is 0.414. The number of methoxy groups -OCH3 is 1. The summed E-state index contributed by atoms with van der Waals surface area (Å²) in [6, 6.07) is 17.1. The molecule has 1 fully saturated rings. The third-order valence-electron chi connectivity index (χ3n) is 3.98. The Morgan fingerprint density at radius 1 is 1.10 bits per heavy atom. The van der Waals surface area contributed by atoms with E-state index in [1.165, 1.54) is 11.1 Å². The summed E-state index contributed by atoms with van der Waals surface area (Å²) >= 11 is 6.26. The molecule has 0 saturated carbocycles. The van der Waals surface area contributed by atoms with Gasteiger partial charge in [0.1, 0.15) is 5.75 Å². The molecule has 2 nitrogen and oxygen atoms in total. The molecule has 2 aromatic carbocycles. The van der Waals surface area contributed by atoms with E-state index in [1.807, 2.05) is 12.1 Å². The monoisotopic (exact) mass is 287 g/mol. The highest BCUT2D eigenvalue weighted by Crippen LogP contribution is 2.39. The Labute approximate surface area is 124 Å². The Kier molecular flexibility index (Phi) is 3.95. The summed E-state index contributed by atoms with van der Waals surface area (Å²) in [6.45, 7) is 1.04. The quantitative estimate of drug-likeness (QED) is 0.915. The van der Waals surface area contributed by atoms with Crippen LogP contribution in [0.2, 0.25) is 5.02 Å². The number of hydrogen-bond donors (Lipinski definition) is 1. The van der Waals surface area contributed by atoms with E-state index in [0.717, 1.165) is 18.7 Å². The normalized spacial score (nSPS) is 21.9. The van der Waals surface area contributed by atoms with Crippen LogP contribution in [0.1, 0.15) is 29.5 Å². The molecule has 2 atom stereocenters. The van der Waals surface area contributed by atoms with Crippen LogP contribution in [0.25, 0.3) is 0 Å². The molecule has 1 aliphatic heterocycles. The fourth-order valence-corrected chi connectivity index (χ4v) is 3.25. The van der Waals surface area contributed by atoms with Gasteiger partial charge in [0, 0.05) is 12.0 Å². The van der Waals surface area contributed by atoms with Crippen molar-refractivity contribution in [3.8, 4) is 5.75 Å². The van der Waals surface area contributed by atoms with Crippen LogP contribution in [0.15, 0.2) is 48.5 Å². The first-order valence-electron chi connectivity index (χ1n) is 6.91. The summed E-state index contributed by atoms with van der Waals surface area (Å²) in [5.74, 6) is 1.19. The number of nitrogens with one attached hydrogen (secondary N) is 1. The van der Waals surface area contributed by atoms with E-state index in [-0.39, 0.29) is 0 Å². The highest BCUT2D eigenvalue weighted by atomic mass is 35.5. The summed E-state index contributed by atoms with van der Waals surface area (Å²) in [7, 11) is 1.64. The highest BCUT2D eigenvalue weighted by molar-refractivity contribution is 6.32.